The van der Waals surface area contributed by atoms with Gasteiger partial charge in [0.1, 0.15) is 12.4 Å². The number of aryl methyl sites for hydroxylation is 2. The minimum atomic E-state index is 0.557. The number of aromatic nitrogens is 2. The van der Waals surface area contributed by atoms with E-state index in [9.17, 15) is 0 Å². The Bertz CT molecular complexity index is 522. The molecule has 1 heterocycles. The van der Waals surface area contributed by atoms with E-state index in [4.69, 9.17) is 4.74 Å². The Kier molecular flexibility index (Phi) is 4.42. The van der Waals surface area contributed by atoms with E-state index >= 15 is 0 Å². The van der Waals surface area contributed by atoms with E-state index in [0.29, 0.717) is 6.61 Å². The number of ether oxygens (including phenoxy) is 1. The first-order valence-electron chi connectivity index (χ1n) is 6.08. The van der Waals surface area contributed by atoms with E-state index in [-0.39, 0.29) is 0 Å². The van der Waals surface area contributed by atoms with Gasteiger partial charge in [-0.15, -0.1) is 0 Å². The molecule has 0 amide bonds. The van der Waals surface area contributed by atoms with Crippen molar-refractivity contribution in [1.82, 2.24) is 9.55 Å². The van der Waals surface area contributed by atoms with Gasteiger partial charge >= 0.3 is 0 Å². The predicted octanol–water partition coefficient (Wildman–Crippen LogP) is 3.94. The largest absolute Gasteiger partial charge is 0.487 e. The number of benzene rings is 1. The second-order valence-electron chi connectivity index (χ2n) is 4.28. The predicted molar refractivity (Wildman–Crippen MR) is 75.7 cm³/mol. The van der Waals surface area contributed by atoms with Crippen LogP contribution in [0.3, 0.4) is 0 Å². The number of hydrogen-bond donors (Lipinski definition) is 0. The van der Waals surface area contributed by atoms with Crippen LogP contribution in [-0.2, 0) is 13.2 Å². The van der Waals surface area contributed by atoms with Crippen LogP contribution >= 0.6 is 15.9 Å². The molecular formula is C14H17BrN2O. The van der Waals surface area contributed by atoms with E-state index in [2.05, 4.69) is 39.3 Å². The van der Waals surface area contributed by atoms with Crippen LogP contribution in [0.4, 0.5) is 0 Å². The molecule has 0 N–H and O–H groups in total. The first-order chi connectivity index (χ1) is 8.70. The summed E-state index contributed by atoms with van der Waals surface area (Å²) < 4.78 is 9.02. The summed E-state index contributed by atoms with van der Waals surface area (Å²) in [5.41, 5.74) is 2.28. The summed E-state index contributed by atoms with van der Waals surface area (Å²) in [6, 6.07) is 6.01. The van der Waals surface area contributed by atoms with Gasteiger partial charge in [-0.05, 0) is 37.1 Å². The third-order valence-electron chi connectivity index (χ3n) is 2.78. The first kappa shape index (κ1) is 13.1. The molecule has 96 valence electrons. The molecule has 0 aliphatic heterocycles. The van der Waals surface area contributed by atoms with Crippen LogP contribution < -0.4 is 4.74 Å². The van der Waals surface area contributed by atoms with Gasteiger partial charge in [-0.25, -0.2) is 4.98 Å². The molecule has 0 aliphatic carbocycles. The minimum Gasteiger partial charge on any atom is -0.487 e. The van der Waals surface area contributed by atoms with Crippen molar-refractivity contribution in [3.8, 4) is 5.75 Å². The Morgan fingerprint density at radius 3 is 2.94 bits per heavy atom. The highest BCUT2D eigenvalue weighted by Crippen LogP contribution is 2.22. The topological polar surface area (TPSA) is 27.1 Å². The third kappa shape index (κ3) is 3.13. The van der Waals surface area contributed by atoms with Crippen LogP contribution in [0.1, 0.15) is 24.6 Å². The highest BCUT2D eigenvalue weighted by molar-refractivity contribution is 9.10. The number of nitrogens with zero attached hydrogens (tertiary/aromatic N) is 2. The van der Waals surface area contributed by atoms with Crippen LogP contribution in [0.25, 0.3) is 0 Å². The molecule has 0 saturated heterocycles. The maximum absolute atomic E-state index is 5.79. The van der Waals surface area contributed by atoms with Crippen molar-refractivity contribution in [1.29, 1.82) is 0 Å². The van der Waals surface area contributed by atoms with Gasteiger partial charge in [0.2, 0.25) is 0 Å². The third-order valence-corrected chi connectivity index (χ3v) is 3.67. The lowest BCUT2D eigenvalue weighted by Crippen LogP contribution is -2.05. The van der Waals surface area contributed by atoms with Crippen molar-refractivity contribution < 1.29 is 4.74 Å². The lowest BCUT2D eigenvalue weighted by molar-refractivity contribution is 0.294. The Morgan fingerprint density at radius 2 is 2.22 bits per heavy atom. The average molecular weight is 309 g/mol. The quantitative estimate of drug-likeness (QED) is 0.836. The zero-order chi connectivity index (χ0) is 13.0. The van der Waals surface area contributed by atoms with Gasteiger partial charge in [-0.1, -0.05) is 22.9 Å². The molecule has 0 unspecified atom stereocenters. The van der Waals surface area contributed by atoms with E-state index < -0.39 is 0 Å². The number of hydrogen-bond acceptors (Lipinski definition) is 2. The fraction of sp³-hybridized carbons (Fsp3) is 0.357. The van der Waals surface area contributed by atoms with Crippen molar-refractivity contribution in [2.75, 3.05) is 0 Å². The van der Waals surface area contributed by atoms with Crippen molar-refractivity contribution in [3.63, 3.8) is 0 Å². The first-order valence-corrected chi connectivity index (χ1v) is 6.88. The molecule has 2 aromatic rings. The second-order valence-corrected chi connectivity index (χ2v) is 5.13. The van der Waals surface area contributed by atoms with Crippen molar-refractivity contribution in [2.45, 2.75) is 33.4 Å². The van der Waals surface area contributed by atoms with E-state index in [1.165, 1.54) is 5.56 Å². The molecular weight excluding hydrogens is 292 g/mol. The Balaban J connectivity index is 2.02. The lowest BCUT2D eigenvalue weighted by Gasteiger charge is -2.09. The smallest absolute Gasteiger partial charge is 0.130 e. The molecule has 18 heavy (non-hydrogen) atoms. The summed E-state index contributed by atoms with van der Waals surface area (Å²) in [5.74, 6) is 0.889. The van der Waals surface area contributed by atoms with E-state index in [0.717, 1.165) is 28.9 Å². The lowest BCUT2D eigenvalue weighted by atomic mass is 10.2. The monoisotopic (exact) mass is 308 g/mol. The van der Waals surface area contributed by atoms with Crippen LogP contribution in [-0.4, -0.2) is 9.55 Å². The molecule has 3 nitrogen and oxygen atoms in total. The fourth-order valence-electron chi connectivity index (χ4n) is 1.77. The molecule has 0 atom stereocenters. The standard InChI is InChI=1S/C14H17BrN2O/c1-3-6-17-10-16-8-12(17)9-18-13-4-5-14(15)11(2)7-13/h4-5,7-8,10H,3,6,9H2,1-2H3. The summed E-state index contributed by atoms with van der Waals surface area (Å²) in [6.07, 6.45) is 4.82. The number of imidazole rings is 1. The average Bonchev–Trinajstić information content (AvgIpc) is 2.79. The molecule has 0 aliphatic rings. The van der Waals surface area contributed by atoms with Gasteiger partial charge in [-0.2, -0.15) is 0 Å². The van der Waals surface area contributed by atoms with Crippen molar-refractivity contribution in [3.05, 3.63) is 46.5 Å². The summed E-state index contributed by atoms with van der Waals surface area (Å²) in [5, 5.41) is 0. The normalized spacial score (nSPS) is 10.6. The van der Waals surface area contributed by atoms with Crippen molar-refractivity contribution in [2.24, 2.45) is 0 Å². The van der Waals surface area contributed by atoms with E-state index in [1.807, 2.05) is 30.7 Å². The van der Waals surface area contributed by atoms with Gasteiger partial charge in [-0.3, -0.25) is 0 Å². The zero-order valence-corrected chi connectivity index (χ0v) is 12.3. The van der Waals surface area contributed by atoms with Crippen LogP contribution in [0.5, 0.6) is 5.75 Å². The van der Waals surface area contributed by atoms with Gasteiger partial charge in [0.25, 0.3) is 0 Å². The fourth-order valence-corrected chi connectivity index (χ4v) is 2.02. The minimum absolute atomic E-state index is 0.557. The Morgan fingerprint density at radius 1 is 1.39 bits per heavy atom. The molecule has 0 spiro atoms. The molecule has 0 fully saturated rings. The molecule has 0 bridgehead atoms. The summed E-state index contributed by atoms with van der Waals surface area (Å²) >= 11 is 3.48. The van der Waals surface area contributed by atoms with Crippen LogP contribution in [0.2, 0.25) is 0 Å². The van der Waals surface area contributed by atoms with Gasteiger partial charge in [0.15, 0.2) is 0 Å². The SMILES string of the molecule is CCCn1cncc1COc1ccc(Br)c(C)c1. The highest BCUT2D eigenvalue weighted by Gasteiger charge is 2.03. The van der Waals surface area contributed by atoms with Crippen LogP contribution in [0, 0.1) is 6.92 Å². The zero-order valence-electron chi connectivity index (χ0n) is 10.7. The Hall–Kier alpha value is -1.29. The van der Waals surface area contributed by atoms with Crippen molar-refractivity contribution >= 4 is 15.9 Å². The molecule has 0 saturated carbocycles. The number of halogens is 1. The summed E-state index contributed by atoms with van der Waals surface area (Å²) in [4.78, 5) is 4.16. The summed E-state index contributed by atoms with van der Waals surface area (Å²) in [7, 11) is 0. The maximum atomic E-state index is 5.79. The molecule has 1 aromatic heterocycles. The summed E-state index contributed by atoms with van der Waals surface area (Å²) in [6.45, 7) is 5.75. The van der Waals surface area contributed by atoms with E-state index in [1.54, 1.807) is 0 Å². The molecule has 2 rings (SSSR count). The van der Waals surface area contributed by atoms with Gasteiger partial charge in [0.05, 0.1) is 18.2 Å². The highest BCUT2D eigenvalue weighted by atomic mass is 79.9. The molecule has 0 radical (unpaired) electrons. The Labute approximate surface area is 116 Å². The van der Waals surface area contributed by atoms with Gasteiger partial charge in [0, 0.05) is 11.0 Å². The second kappa shape index (κ2) is 6.05. The number of rotatable bonds is 5. The maximum Gasteiger partial charge on any atom is 0.130 e. The van der Waals surface area contributed by atoms with Gasteiger partial charge < -0.3 is 9.30 Å². The molecule has 1 aromatic carbocycles. The molecule has 4 heteroatoms. The van der Waals surface area contributed by atoms with Crippen LogP contribution in [0.15, 0.2) is 35.2 Å².